The van der Waals surface area contributed by atoms with Gasteiger partial charge in [-0.1, -0.05) is 54.1 Å². The minimum Gasteiger partial charge on any atom is -0.616 e. The van der Waals surface area contributed by atoms with Gasteiger partial charge >= 0.3 is 5.97 Å². The lowest BCUT2D eigenvalue weighted by Gasteiger charge is -2.15. The van der Waals surface area contributed by atoms with Crippen LogP contribution in [0.25, 0.3) is 11.1 Å². The van der Waals surface area contributed by atoms with E-state index < -0.39 is 22.4 Å². The summed E-state index contributed by atoms with van der Waals surface area (Å²) in [5.41, 5.74) is 2.30. The number of aliphatic carboxylic acids is 1. The summed E-state index contributed by atoms with van der Waals surface area (Å²) in [5.74, 6) is -1.09. The lowest BCUT2D eigenvalue weighted by molar-refractivity contribution is -0.136. The predicted octanol–water partition coefficient (Wildman–Crippen LogP) is 3.51. The first-order valence-electron chi connectivity index (χ1n) is 5.90. The van der Waals surface area contributed by atoms with Gasteiger partial charge in [0, 0.05) is 16.1 Å². The Morgan fingerprint density at radius 1 is 1.20 bits per heavy atom. The zero-order valence-electron chi connectivity index (χ0n) is 10.7. The number of hydrogen-bond donors (Lipinski definition) is 1. The Balaban J connectivity index is 2.35. The highest BCUT2D eigenvalue weighted by Gasteiger charge is 2.28. The molecule has 0 spiro atoms. The average Bonchev–Trinajstić information content (AvgIpc) is 2.39. The van der Waals surface area contributed by atoms with Gasteiger partial charge in [-0.05, 0) is 22.8 Å². The van der Waals surface area contributed by atoms with Gasteiger partial charge in [0.15, 0.2) is 0 Å². The van der Waals surface area contributed by atoms with Crippen molar-refractivity contribution >= 4 is 28.7 Å². The van der Waals surface area contributed by atoms with Gasteiger partial charge in [0.1, 0.15) is 0 Å². The third-order valence-corrected chi connectivity index (χ3v) is 4.42. The summed E-state index contributed by atoms with van der Waals surface area (Å²) in [7, 11) is 0. The molecule has 0 aliphatic carbocycles. The van der Waals surface area contributed by atoms with Crippen LogP contribution in [-0.4, -0.2) is 21.9 Å². The fourth-order valence-corrected chi connectivity index (χ4v) is 3.08. The van der Waals surface area contributed by atoms with E-state index in [9.17, 15) is 9.35 Å². The minimum absolute atomic E-state index is 0.522. The SMILES string of the molecule is C[S+]([O-])C(C(=O)O)c1ccc(-c2ccccc2Cl)cc1. The van der Waals surface area contributed by atoms with E-state index in [1.54, 1.807) is 30.3 Å². The van der Waals surface area contributed by atoms with Gasteiger partial charge in [0.25, 0.3) is 0 Å². The van der Waals surface area contributed by atoms with Gasteiger partial charge in [-0.3, -0.25) is 0 Å². The van der Waals surface area contributed by atoms with E-state index in [0.717, 1.165) is 11.1 Å². The molecule has 0 aliphatic rings. The Morgan fingerprint density at radius 3 is 2.30 bits per heavy atom. The van der Waals surface area contributed by atoms with Crippen molar-refractivity contribution < 1.29 is 14.5 Å². The van der Waals surface area contributed by atoms with Crippen LogP contribution in [0.4, 0.5) is 0 Å². The quantitative estimate of drug-likeness (QED) is 0.879. The zero-order chi connectivity index (χ0) is 14.7. The number of carboxylic acid groups (broad SMARTS) is 1. The Bertz CT molecular complexity index is 611. The summed E-state index contributed by atoms with van der Waals surface area (Å²) in [4.78, 5) is 11.1. The predicted molar refractivity (Wildman–Crippen MR) is 81.3 cm³/mol. The fraction of sp³-hybridized carbons (Fsp3) is 0.133. The fourth-order valence-electron chi connectivity index (χ4n) is 2.01. The Morgan fingerprint density at radius 2 is 1.80 bits per heavy atom. The molecular formula is C15H13ClO3S. The molecule has 104 valence electrons. The van der Waals surface area contributed by atoms with Crippen LogP contribution in [-0.2, 0) is 16.0 Å². The molecule has 0 radical (unpaired) electrons. The van der Waals surface area contributed by atoms with E-state index in [1.807, 2.05) is 18.2 Å². The van der Waals surface area contributed by atoms with Gasteiger partial charge in [0.05, 0.1) is 6.26 Å². The topological polar surface area (TPSA) is 60.4 Å². The molecule has 0 bridgehead atoms. The molecule has 2 aromatic rings. The lowest BCUT2D eigenvalue weighted by atomic mass is 10.0. The number of carboxylic acids is 1. The van der Waals surface area contributed by atoms with Crippen molar-refractivity contribution in [1.29, 1.82) is 0 Å². The van der Waals surface area contributed by atoms with Crippen molar-refractivity contribution in [3.05, 3.63) is 59.1 Å². The second-order valence-corrected chi connectivity index (χ2v) is 6.19. The van der Waals surface area contributed by atoms with Gasteiger partial charge in [-0.15, -0.1) is 0 Å². The van der Waals surface area contributed by atoms with E-state index in [2.05, 4.69) is 0 Å². The van der Waals surface area contributed by atoms with Crippen LogP contribution in [0.1, 0.15) is 10.8 Å². The number of benzene rings is 2. The first-order chi connectivity index (χ1) is 9.50. The van der Waals surface area contributed by atoms with Crippen molar-refractivity contribution in [2.75, 3.05) is 6.26 Å². The first kappa shape index (κ1) is 14.9. The number of hydrogen-bond acceptors (Lipinski definition) is 2. The molecule has 0 fully saturated rings. The molecule has 2 unspecified atom stereocenters. The number of carbonyl (C=O) groups is 1. The molecular weight excluding hydrogens is 296 g/mol. The van der Waals surface area contributed by atoms with E-state index in [4.69, 9.17) is 16.7 Å². The van der Waals surface area contributed by atoms with Crippen molar-refractivity contribution in [2.45, 2.75) is 5.25 Å². The summed E-state index contributed by atoms with van der Waals surface area (Å²) < 4.78 is 11.5. The Hall–Kier alpha value is -1.49. The van der Waals surface area contributed by atoms with Crippen molar-refractivity contribution in [3.8, 4) is 11.1 Å². The molecule has 3 nitrogen and oxygen atoms in total. The molecule has 2 aromatic carbocycles. The maximum atomic E-state index is 11.5. The van der Waals surface area contributed by atoms with Crippen LogP contribution in [0.15, 0.2) is 48.5 Å². The first-order valence-corrected chi connectivity index (χ1v) is 7.90. The largest absolute Gasteiger partial charge is 0.616 e. The van der Waals surface area contributed by atoms with E-state index in [1.165, 1.54) is 6.26 Å². The smallest absolute Gasteiger partial charge is 0.361 e. The van der Waals surface area contributed by atoms with Crippen LogP contribution >= 0.6 is 11.6 Å². The highest BCUT2D eigenvalue weighted by atomic mass is 35.5. The Kier molecular flexibility index (Phi) is 4.70. The molecule has 2 atom stereocenters. The molecule has 0 aromatic heterocycles. The monoisotopic (exact) mass is 308 g/mol. The number of rotatable bonds is 4. The summed E-state index contributed by atoms with van der Waals surface area (Å²) in [5, 5.41) is 8.74. The third-order valence-electron chi connectivity index (χ3n) is 2.95. The molecule has 0 amide bonds. The highest BCUT2D eigenvalue weighted by molar-refractivity contribution is 7.91. The van der Waals surface area contributed by atoms with E-state index in [-0.39, 0.29) is 0 Å². The summed E-state index contributed by atoms with van der Waals surface area (Å²) in [6, 6.07) is 14.4. The molecule has 0 saturated carbocycles. The lowest BCUT2D eigenvalue weighted by Crippen LogP contribution is -2.20. The van der Waals surface area contributed by atoms with Gasteiger partial charge in [0.2, 0.25) is 5.25 Å². The van der Waals surface area contributed by atoms with Gasteiger partial charge < -0.3 is 9.66 Å². The van der Waals surface area contributed by atoms with Crippen LogP contribution in [0.3, 0.4) is 0 Å². The summed E-state index contributed by atoms with van der Waals surface area (Å²) in [6.07, 6.45) is 1.39. The summed E-state index contributed by atoms with van der Waals surface area (Å²) >= 11 is 4.65. The van der Waals surface area contributed by atoms with Crippen molar-refractivity contribution in [3.63, 3.8) is 0 Å². The van der Waals surface area contributed by atoms with Crippen LogP contribution in [0, 0.1) is 0 Å². The van der Waals surface area contributed by atoms with E-state index in [0.29, 0.717) is 10.6 Å². The maximum absolute atomic E-state index is 11.5. The van der Waals surface area contributed by atoms with Crippen LogP contribution in [0.2, 0.25) is 5.02 Å². The molecule has 0 saturated heterocycles. The Labute approximate surface area is 125 Å². The molecule has 1 N–H and O–H groups in total. The molecule has 5 heteroatoms. The molecule has 0 heterocycles. The van der Waals surface area contributed by atoms with Crippen LogP contribution < -0.4 is 0 Å². The maximum Gasteiger partial charge on any atom is 0.361 e. The third kappa shape index (κ3) is 3.15. The molecule has 20 heavy (non-hydrogen) atoms. The summed E-state index contributed by atoms with van der Waals surface area (Å²) in [6.45, 7) is 0. The normalized spacial score (nSPS) is 13.8. The number of halogens is 1. The van der Waals surface area contributed by atoms with Gasteiger partial charge in [-0.2, -0.15) is 0 Å². The molecule has 2 rings (SSSR count). The van der Waals surface area contributed by atoms with E-state index >= 15 is 0 Å². The average molecular weight is 309 g/mol. The molecule has 0 aliphatic heterocycles. The second kappa shape index (κ2) is 6.31. The van der Waals surface area contributed by atoms with Crippen LogP contribution in [0.5, 0.6) is 0 Å². The van der Waals surface area contributed by atoms with Crippen molar-refractivity contribution in [1.82, 2.24) is 0 Å². The second-order valence-electron chi connectivity index (χ2n) is 4.32. The highest BCUT2D eigenvalue weighted by Crippen LogP contribution is 2.30. The minimum atomic E-state index is -1.47. The van der Waals surface area contributed by atoms with Crippen molar-refractivity contribution in [2.24, 2.45) is 0 Å². The zero-order valence-corrected chi connectivity index (χ0v) is 12.3. The standard InChI is InChI=1S/C15H13ClO3S/c1-20(19)14(15(17)18)11-8-6-10(7-9-11)12-4-2-3-5-13(12)16/h2-9,14H,1H3,(H,17,18). The van der Waals surface area contributed by atoms with Gasteiger partial charge in [-0.25, -0.2) is 4.79 Å².